The third-order valence-electron chi connectivity index (χ3n) is 9.33. The number of nitrogens with zero attached hydrogens (tertiary/aromatic N) is 4. The summed E-state index contributed by atoms with van der Waals surface area (Å²) >= 11 is 0. The SMILES string of the molecule is CON1C(C)(C)C2C(C1(C)C)C2(O)N1CCN(C(O)[C@@H]2CC(C)(C)N(OC)C2(C)C)CC1. The van der Waals surface area contributed by atoms with E-state index < -0.39 is 12.0 Å². The first-order valence-electron chi connectivity index (χ1n) is 12.2. The predicted octanol–water partition coefficient (Wildman–Crippen LogP) is 1.73. The fraction of sp³-hybridized carbons (Fsp3) is 1.00. The van der Waals surface area contributed by atoms with Crippen LogP contribution in [0.2, 0.25) is 0 Å². The minimum Gasteiger partial charge on any atom is -0.378 e. The van der Waals surface area contributed by atoms with Gasteiger partial charge in [0.05, 0.1) is 14.2 Å². The Morgan fingerprint density at radius 3 is 1.62 bits per heavy atom. The molecule has 2 N–H and O–H groups in total. The minimum absolute atomic E-state index is 0.0838. The number of piperazine rings is 1. The summed E-state index contributed by atoms with van der Waals surface area (Å²) in [4.78, 5) is 15.9. The molecule has 0 amide bonds. The number of rotatable bonds is 5. The van der Waals surface area contributed by atoms with Crippen molar-refractivity contribution in [2.24, 2.45) is 17.8 Å². The van der Waals surface area contributed by atoms with E-state index in [9.17, 15) is 10.2 Å². The summed E-state index contributed by atoms with van der Waals surface area (Å²) in [5, 5.41) is 27.3. The Bertz CT molecular complexity index is 710. The third kappa shape index (κ3) is 3.10. The molecule has 0 spiro atoms. The van der Waals surface area contributed by atoms with E-state index in [4.69, 9.17) is 9.68 Å². The van der Waals surface area contributed by atoms with Crippen molar-refractivity contribution in [1.82, 2.24) is 19.9 Å². The standard InChI is InChI=1S/C24H46N4O4/c1-20(2)15-16(21(3,4)27(20)31-9)19(29)25-11-13-26(14-12-25)24(30)17-18(24)23(7,8)28(32-10)22(17,5)6/h16-19,29-30H,11-15H2,1-10H3/t16-,17?,18?,19?,24?/m0/s1. The zero-order valence-corrected chi connectivity index (χ0v) is 21.8. The van der Waals surface area contributed by atoms with Crippen molar-refractivity contribution in [2.45, 2.75) is 95.9 Å². The van der Waals surface area contributed by atoms with E-state index in [0.717, 1.165) is 32.6 Å². The molecule has 186 valence electrons. The number of hydroxylamine groups is 4. The Hall–Kier alpha value is -0.320. The fourth-order valence-corrected chi connectivity index (χ4v) is 8.43. The Morgan fingerprint density at radius 1 is 0.750 bits per heavy atom. The molecule has 1 saturated carbocycles. The van der Waals surface area contributed by atoms with Gasteiger partial charge in [-0.25, -0.2) is 0 Å². The van der Waals surface area contributed by atoms with Crippen molar-refractivity contribution >= 4 is 0 Å². The summed E-state index contributed by atoms with van der Waals surface area (Å²) in [5.41, 5.74) is -1.68. The van der Waals surface area contributed by atoms with Crippen LogP contribution in [0.4, 0.5) is 0 Å². The summed E-state index contributed by atoms with van der Waals surface area (Å²) < 4.78 is 0. The first-order valence-corrected chi connectivity index (χ1v) is 12.2. The van der Waals surface area contributed by atoms with Crippen LogP contribution in [0, 0.1) is 17.8 Å². The predicted molar refractivity (Wildman–Crippen MR) is 123 cm³/mol. The van der Waals surface area contributed by atoms with Gasteiger partial charge in [0.25, 0.3) is 0 Å². The van der Waals surface area contributed by atoms with Crippen molar-refractivity contribution in [3.8, 4) is 0 Å². The second-order valence-electron chi connectivity index (χ2n) is 12.7. The van der Waals surface area contributed by atoms with Gasteiger partial charge in [0.2, 0.25) is 0 Å². The molecule has 4 atom stereocenters. The summed E-state index contributed by atoms with van der Waals surface area (Å²) in [6.45, 7) is 20.4. The average molecular weight is 455 g/mol. The van der Waals surface area contributed by atoms with Gasteiger partial charge in [0.15, 0.2) is 0 Å². The molecule has 8 nitrogen and oxygen atoms in total. The summed E-state index contributed by atoms with van der Waals surface area (Å²) in [7, 11) is 3.45. The Kier molecular flexibility index (Phi) is 5.69. The van der Waals surface area contributed by atoms with Crippen molar-refractivity contribution in [2.75, 3.05) is 40.4 Å². The highest BCUT2D eigenvalue weighted by molar-refractivity contribution is 5.30. The number of hydrogen-bond acceptors (Lipinski definition) is 8. The second-order valence-corrected chi connectivity index (χ2v) is 12.7. The maximum atomic E-state index is 11.8. The van der Waals surface area contributed by atoms with Gasteiger partial charge in [-0.15, -0.1) is 0 Å². The normalized spacial score (nSPS) is 42.2. The molecule has 0 aromatic rings. The lowest BCUT2D eigenvalue weighted by atomic mass is 9.85. The van der Waals surface area contributed by atoms with Crippen LogP contribution in [0.3, 0.4) is 0 Å². The van der Waals surface area contributed by atoms with Crippen LogP contribution in [-0.2, 0) is 9.68 Å². The Labute approximate surface area is 194 Å². The molecule has 3 unspecified atom stereocenters. The molecule has 1 aliphatic carbocycles. The highest BCUT2D eigenvalue weighted by Gasteiger charge is 2.83. The second kappa shape index (κ2) is 7.34. The summed E-state index contributed by atoms with van der Waals surface area (Å²) in [6, 6.07) is 0. The molecule has 3 saturated heterocycles. The third-order valence-corrected chi connectivity index (χ3v) is 9.33. The number of hydrogen-bond donors (Lipinski definition) is 2. The van der Waals surface area contributed by atoms with Crippen LogP contribution >= 0.6 is 0 Å². The van der Waals surface area contributed by atoms with Gasteiger partial charge in [0.1, 0.15) is 12.0 Å². The van der Waals surface area contributed by atoms with E-state index in [0.29, 0.717) is 0 Å². The largest absolute Gasteiger partial charge is 0.378 e. The van der Waals surface area contributed by atoms with Gasteiger partial charge in [0, 0.05) is 66.1 Å². The van der Waals surface area contributed by atoms with Crippen molar-refractivity contribution in [3.05, 3.63) is 0 Å². The van der Waals surface area contributed by atoms with E-state index in [1.165, 1.54) is 0 Å². The van der Waals surface area contributed by atoms with Gasteiger partial charge < -0.3 is 19.9 Å². The zero-order chi connectivity index (χ0) is 24.1. The Balaban J connectivity index is 1.44. The molecule has 0 radical (unpaired) electrons. The van der Waals surface area contributed by atoms with Crippen molar-refractivity contribution in [1.29, 1.82) is 0 Å². The molecule has 3 aliphatic heterocycles. The van der Waals surface area contributed by atoms with E-state index in [1.807, 2.05) is 5.06 Å². The monoisotopic (exact) mass is 454 g/mol. The molecular weight excluding hydrogens is 408 g/mol. The molecule has 0 bridgehead atoms. The molecule has 4 aliphatic rings. The van der Waals surface area contributed by atoms with Crippen LogP contribution in [0.1, 0.15) is 61.8 Å². The van der Waals surface area contributed by atoms with E-state index in [2.05, 4.69) is 70.3 Å². The van der Waals surface area contributed by atoms with Gasteiger partial charge in [-0.2, -0.15) is 10.1 Å². The smallest absolute Gasteiger partial charge is 0.128 e. The molecule has 0 aromatic carbocycles. The van der Waals surface area contributed by atoms with Crippen LogP contribution in [0.5, 0.6) is 0 Å². The first kappa shape index (κ1) is 24.8. The van der Waals surface area contributed by atoms with E-state index in [-0.39, 0.29) is 39.9 Å². The van der Waals surface area contributed by atoms with Gasteiger partial charge in [-0.1, -0.05) is 0 Å². The van der Waals surface area contributed by atoms with Crippen LogP contribution in [-0.4, -0.2) is 105 Å². The van der Waals surface area contributed by atoms with Gasteiger partial charge >= 0.3 is 0 Å². The highest BCUT2D eigenvalue weighted by Crippen LogP contribution is 2.70. The summed E-state index contributed by atoms with van der Waals surface area (Å²) in [6.07, 6.45) is 0.343. The lowest BCUT2D eigenvalue weighted by Crippen LogP contribution is -2.63. The van der Waals surface area contributed by atoms with Gasteiger partial charge in [-0.05, 0) is 61.8 Å². The number of fused-ring (bicyclic) bond motifs is 1. The molecule has 8 heteroatoms. The molecule has 32 heavy (non-hydrogen) atoms. The fourth-order valence-electron chi connectivity index (χ4n) is 8.43. The highest BCUT2D eigenvalue weighted by atomic mass is 16.7. The quantitative estimate of drug-likeness (QED) is 0.651. The zero-order valence-electron chi connectivity index (χ0n) is 21.8. The van der Waals surface area contributed by atoms with Crippen LogP contribution < -0.4 is 0 Å². The number of aliphatic hydroxyl groups is 2. The summed E-state index contributed by atoms with van der Waals surface area (Å²) in [5.74, 6) is 0.373. The van der Waals surface area contributed by atoms with Crippen LogP contribution in [0.25, 0.3) is 0 Å². The molecule has 4 fully saturated rings. The van der Waals surface area contributed by atoms with E-state index >= 15 is 0 Å². The number of aliphatic hydroxyl groups excluding tert-OH is 1. The van der Waals surface area contributed by atoms with Crippen molar-refractivity contribution in [3.63, 3.8) is 0 Å². The maximum absolute atomic E-state index is 11.8. The number of piperidine rings is 1. The molecule has 3 heterocycles. The van der Waals surface area contributed by atoms with E-state index in [1.54, 1.807) is 14.2 Å². The maximum Gasteiger partial charge on any atom is 0.128 e. The molecule has 0 aromatic heterocycles. The Morgan fingerprint density at radius 2 is 1.22 bits per heavy atom. The topological polar surface area (TPSA) is 71.9 Å². The average Bonchev–Trinajstić information content (AvgIpc) is 3.24. The molecule has 4 rings (SSSR count). The lowest BCUT2D eigenvalue weighted by molar-refractivity contribution is -0.259. The minimum atomic E-state index is -0.805. The molecular formula is C24H46N4O4. The van der Waals surface area contributed by atoms with Crippen molar-refractivity contribution < 1.29 is 19.9 Å². The van der Waals surface area contributed by atoms with Crippen LogP contribution in [0.15, 0.2) is 0 Å². The lowest BCUT2D eigenvalue weighted by Gasteiger charge is -2.49. The van der Waals surface area contributed by atoms with Gasteiger partial charge in [-0.3, -0.25) is 9.80 Å². The first-order chi connectivity index (χ1) is 14.6.